The van der Waals surface area contributed by atoms with E-state index in [1.54, 1.807) is 6.07 Å². The fourth-order valence-electron chi connectivity index (χ4n) is 2.81. The van der Waals surface area contributed by atoms with Crippen molar-refractivity contribution in [3.05, 3.63) is 76.1 Å². The Balaban J connectivity index is 2.00. The molecule has 23 heavy (non-hydrogen) atoms. The van der Waals surface area contributed by atoms with Crippen LogP contribution in [-0.2, 0) is 11.3 Å². The van der Waals surface area contributed by atoms with Gasteiger partial charge in [-0.3, -0.25) is 14.2 Å². The normalized spacial score (nSPS) is 10.7. The van der Waals surface area contributed by atoms with Crippen LogP contribution in [0, 0.1) is 13.8 Å². The van der Waals surface area contributed by atoms with Crippen molar-refractivity contribution in [2.24, 2.45) is 0 Å². The molecular formula is C19H18N2O2. The van der Waals surface area contributed by atoms with E-state index >= 15 is 0 Å². The van der Waals surface area contributed by atoms with Crippen LogP contribution in [0.3, 0.4) is 0 Å². The molecule has 4 heteroatoms. The minimum atomic E-state index is -0.216. The second-order valence-electron chi connectivity index (χ2n) is 5.64. The van der Waals surface area contributed by atoms with Crippen LogP contribution in [-0.4, -0.2) is 10.5 Å². The predicted molar refractivity (Wildman–Crippen MR) is 92.8 cm³/mol. The lowest BCUT2D eigenvalue weighted by Crippen LogP contribution is -2.28. The van der Waals surface area contributed by atoms with Gasteiger partial charge in [-0.05, 0) is 37.1 Å². The zero-order valence-electron chi connectivity index (χ0n) is 13.2. The highest BCUT2D eigenvalue weighted by atomic mass is 16.2. The highest BCUT2D eigenvalue weighted by Gasteiger charge is 2.12. The fourth-order valence-corrected chi connectivity index (χ4v) is 2.81. The van der Waals surface area contributed by atoms with Crippen LogP contribution in [0.2, 0.25) is 0 Å². The van der Waals surface area contributed by atoms with Crippen LogP contribution in [0.15, 0.2) is 59.4 Å². The summed E-state index contributed by atoms with van der Waals surface area (Å²) in [5, 5.41) is 3.82. The van der Waals surface area contributed by atoms with E-state index in [1.807, 2.05) is 62.4 Å². The quantitative estimate of drug-likeness (QED) is 0.807. The van der Waals surface area contributed by atoms with Crippen molar-refractivity contribution >= 4 is 22.5 Å². The van der Waals surface area contributed by atoms with Crippen LogP contribution in [0.4, 0.5) is 5.69 Å². The van der Waals surface area contributed by atoms with Gasteiger partial charge in [-0.15, -0.1) is 0 Å². The molecule has 116 valence electrons. The van der Waals surface area contributed by atoms with Gasteiger partial charge in [0.05, 0.1) is 5.52 Å². The van der Waals surface area contributed by atoms with Gasteiger partial charge < -0.3 is 5.32 Å². The van der Waals surface area contributed by atoms with E-state index in [2.05, 4.69) is 5.32 Å². The summed E-state index contributed by atoms with van der Waals surface area (Å²) in [6.45, 7) is 3.86. The average Bonchev–Trinajstić information content (AvgIpc) is 2.52. The molecule has 3 rings (SSSR count). The SMILES string of the molecule is Cc1cc(=O)n(CC(=O)Nc2ccccc2)c2c(C)cccc12. The van der Waals surface area contributed by atoms with E-state index in [0.717, 1.165) is 27.7 Å². The molecular weight excluding hydrogens is 288 g/mol. The molecule has 0 aliphatic carbocycles. The minimum Gasteiger partial charge on any atom is -0.325 e. The number of aryl methyl sites for hydroxylation is 2. The summed E-state index contributed by atoms with van der Waals surface area (Å²) in [5.41, 5.74) is 3.29. The van der Waals surface area contributed by atoms with E-state index in [0.29, 0.717) is 0 Å². The number of carbonyl (C=O) groups is 1. The number of nitrogens with zero attached hydrogens (tertiary/aromatic N) is 1. The Morgan fingerprint density at radius 3 is 2.48 bits per heavy atom. The van der Waals surface area contributed by atoms with E-state index in [-0.39, 0.29) is 18.0 Å². The highest BCUT2D eigenvalue weighted by molar-refractivity contribution is 5.92. The number of fused-ring (bicyclic) bond motifs is 1. The van der Waals surface area contributed by atoms with Crippen molar-refractivity contribution in [1.29, 1.82) is 0 Å². The zero-order chi connectivity index (χ0) is 16.4. The third kappa shape index (κ3) is 3.01. The highest BCUT2D eigenvalue weighted by Crippen LogP contribution is 2.20. The lowest BCUT2D eigenvalue weighted by Gasteiger charge is -2.14. The second kappa shape index (κ2) is 6.08. The van der Waals surface area contributed by atoms with E-state index < -0.39 is 0 Å². The van der Waals surface area contributed by atoms with Gasteiger partial charge in [0.1, 0.15) is 6.54 Å². The molecule has 1 heterocycles. The summed E-state index contributed by atoms with van der Waals surface area (Å²) in [5.74, 6) is -0.216. The largest absolute Gasteiger partial charge is 0.325 e. The summed E-state index contributed by atoms with van der Waals surface area (Å²) >= 11 is 0. The third-order valence-corrected chi connectivity index (χ3v) is 3.90. The van der Waals surface area contributed by atoms with Crippen molar-refractivity contribution in [3.63, 3.8) is 0 Å². The van der Waals surface area contributed by atoms with Gasteiger partial charge in [-0.1, -0.05) is 36.4 Å². The lowest BCUT2D eigenvalue weighted by molar-refractivity contribution is -0.116. The molecule has 1 amide bonds. The first-order valence-electron chi connectivity index (χ1n) is 7.51. The first-order chi connectivity index (χ1) is 11.1. The Bertz CT molecular complexity index is 927. The van der Waals surface area contributed by atoms with Gasteiger partial charge in [0, 0.05) is 17.1 Å². The maximum Gasteiger partial charge on any atom is 0.251 e. The standard InChI is InChI=1S/C19H18N2O2/c1-13-7-6-10-16-14(2)11-18(23)21(19(13)16)12-17(22)20-15-8-4-3-5-9-15/h3-11H,12H2,1-2H3,(H,20,22). The number of amides is 1. The van der Waals surface area contributed by atoms with Gasteiger partial charge in [-0.2, -0.15) is 0 Å². The number of aromatic nitrogens is 1. The number of benzene rings is 2. The van der Waals surface area contributed by atoms with Crippen LogP contribution < -0.4 is 10.9 Å². The summed E-state index contributed by atoms with van der Waals surface area (Å²) < 4.78 is 1.54. The molecule has 4 nitrogen and oxygen atoms in total. The van der Waals surface area contributed by atoms with Crippen molar-refractivity contribution < 1.29 is 4.79 Å². The molecule has 2 aromatic carbocycles. The molecule has 0 aliphatic rings. The monoisotopic (exact) mass is 306 g/mol. The van der Waals surface area contributed by atoms with Gasteiger partial charge in [-0.25, -0.2) is 0 Å². The second-order valence-corrected chi connectivity index (χ2v) is 5.64. The number of anilines is 1. The average molecular weight is 306 g/mol. The molecule has 0 bridgehead atoms. The molecule has 0 atom stereocenters. The summed E-state index contributed by atoms with van der Waals surface area (Å²) in [7, 11) is 0. The number of pyridine rings is 1. The lowest BCUT2D eigenvalue weighted by atomic mass is 10.1. The molecule has 0 unspecified atom stereocenters. The van der Waals surface area contributed by atoms with E-state index in [9.17, 15) is 9.59 Å². The molecule has 0 fully saturated rings. The molecule has 0 radical (unpaired) electrons. The molecule has 1 N–H and O–H groups in total. The molecule has 0 spiro atoms. The van der Waals surface area contributed by atoms with Gasteiger partial charge in [0.15, 0.2) is 0 Å². The van der Waals surface area contributed by atoms with Gasteiger partial charge in [0.25, 0.3) is 5.56 Å². The maximum absolute atomic E-state index is 12.4. The predicted octanol–water partition coefficient (Wildman–Crippen LogP) is 3.26. The van der Waals surface area contributed by atoms with Crippen molar-refractivity contribution in [2.75, 3.05) is 5.32 Å². The fraction of sp³-hybridized carbons (Fsp3) is 0.158. The van der Waals surface area contributed by atoms with Crippen molar-refractivity contribution in [2.45, 2.75) is 20.4 Å². The van der Waals surface area contributed by atoms with E-state index in [4.69, 9.17) is 0 Å². The Morgan fingerprint density at radius 2 is 1.74 bits per heavy atom. The number of hydrogen-bond donors (Lipinski definition) is 1. The molecule has 0 saturated heterocycles. The topological polar surface area (TPSA) is 51.1 Å². The van der Waals surface area contributed by atoms with Gasteiger partial charge >= 0.3 is 0 Å². The number of para-hydroxylation sites is 2. The number of nitrogens with one attached hydrogen (secondary N) is 1. The Kier molecular flexibility index (Phi) is 3.98. The molecule has 1 aromatic heterocycles. The summed E-state index contributed by atoms with van der Waals surface area (Å²) in [6.07, 6.45) is 0. The first kappa shape index (κ1) is 15.0. The number of hydrogen-bond acceptors (Lipinski definition) is 2. The number of rotatable bonds is 3. The third-order valence-electron chi connectivity index (χ3n) is 3.90. The maximum atomic E-state index is 12.4. The Hall–Kier alpha value is -2.88. The zero-order valence-corrected chi connectivity index (χ0v) is 13.2. The molecule has 0 saturated carbocycles. The molecule has 0 aliphatic heterocycles. The Labute approximate surface area is 134 Å². The molecule has 3 aromatic rings. The summed E-state index contributed by atoms with van der Waals surface area (Å²) in [4.78, 5) is 24.7. The number of carbonyl (C=O) groups excluding carboxylic acids is 1. The summed E-state index contributed by atoms with van der Waals surface area (Å²) in [6, 6.07) is 16.7. The van der Waals surface area contributed by atoms with Gasteiger partial charge in [0.2, 0.25) is 5.91 Å². The minimum absolute atomic E-state index is 0.00460. The van der Waals surface area contributed by atoms with Crippen LogP contribution in [0.1, 0.15) is 11.1 Å². The Morgan fingerprint density at radius 1 is 1.00 bits per heavy atom. The van der Waals surface area contributed by atoms with Crippen LogP contribution >= 0.6 is 0 Å². The van der Waals surface area contributed by atoms with Crippen LogP contribution in [0.25, 0.3) is 10.9 Å². The first-order valence-corrected chi connectivity index (χ1v) is 7.51. The van der Waals surface area contributed by atoms with E-state index in [1.165, 1.54) is 4.57 Å². The smallest absolute Gasteiger partial charge is 0.251 e. The van der Waals surface area contributed by atoms with Crippen molar-refractivity contribution in [1.82, 2.24) is 4.57 Å². The van der Waals surface area contributed by atoms with Crippen molar-refractivity contribution in [3.8, 4) is 0 Å². The van der Waals surface area contributed by atoms with Crippen LogP contribution in [0.5, 0.6) is 0 Å².